The zero-order valence-corrected chi connectivity index (χ0v) is 13.4. The van der Waals surface area contributed by atoms with Gasteiger partial charge in [-0.15, -0.1) is 0 Å². The summed E-state index contributed by atoms with van der Waals surface area (Å²) in [6, 6.07) is 11.3. The number of benzene rings is 1. The second kappa shape index (κ2) is 5.96. The molecule has 0 saturated carbocycles. The maximum atomic E-state index is 12.5. The molecule has 1 N–H and O–H groups in total. The molecule has 0 aliphatic heterocycles. The fourth-order valence-corrected chi connectivity index (χ4v) is 3.21. The van der Waals surface area contributed by atoms with Crippen molar-refractivity contribution in [3.63, 3.8) is 0 Å². The number of amides is 1. The van der Waals surface area contributed by atoms with Crippen molar-refractivity contribution in [2.24, 2.45) is 7.05 Å². The third-order valence-electron chi connectivity index (χ3n) is 4.48. The Hall–Kier alpha value is -2.89. The van der Waals surface area contributed by atoms with Crippen LogP contribution in [0.15, 0.2) is 47.1 Å². The molecule has 4 rings (SSSR count). The fraction of sp³-hybridized carbons (Fsp3) is 0.278. The van der Waals surface area contributed by atoms with Gasteiger partial charge in [-0.05, 0) is 19.3 Å². The van der Waals surface area contributed by atoms with Gasteiger partial charge in [0.2, 0.25) is 0 Å². The standard InChI is InChI=1S/C18H18N4O2/c1-22-16-9-5-8-14(13(16)11-19-22)20-18(23)15-10-17(24-21-15)12-6-3-2-4-7-12/h2-4,6-7,10-11,14H,5,8-9H2,1H3,(H,20,23). The molecule has 0 saturated heterocycles. The lowest BCUT2D eigenvalue weighted by molar-refractivity contribution is 0.0923. The number of hydrogen-bond donors (Lipinski definition) is 1. The molecule has 24 heavy (non-hydrogen) atoms. The van der Waals surface area contributed by atoms with E-state index in [9.17, 15) is 4.79 Å². The Labute approximate surface area is 139 Å². The van der Waals surface area contributed by atoms with Gasteiger partial charge < -0.3 is 9.84 Å². The lowest BCUT2D eigenvalue weighted by Crippen LogP contribution is -2.31. The first-order valence-corrected chi connectivity index (χ1v) is 8.06. The molecule has 1 aliphatic carbocycles. The summed E-state index contributed by atoms with van der Waals surface area (Å²) in [5.74, 6) is 0.370. The maximum Gasteiger partial charge on any atom is 0.273 e. The predicted octanol–water partition coefficient (Wildman–Crippen LogP) is 2.88. The molecule has 1 amide bonds. The molecular weight excluding hydrogens is 304 g/mol. The van der Waals surface area contributed by atoms with E-state index < -0.39 is 0 Å². The zero-order chi connectivity index (χ0) is 16.5. The summed E-state index contributed by atoms with van der Waals surface area (Å²) in [6.07, 6.45) is 4.79. The molecular formula is C18H18N4O2. The largest absolute Gasteiger partial charge is 0.355 e. The number of hydrogen-bond acceptors (Lipinski definition) is 4. The third kappa shape index (κ3) is 2.60. The number of rotatable bonds is 3. The minimum Gasteiger partial charge on any atom is -0.355 e. The predicted molar refractivity (Wildman–Crippen MR) is 88.3 cm³/mol. The van der Waals surface area contributed by atoms with E-state index in [1.807, 2.05) is 48.3 Å². The number of carbonyl (C=O) groups is 1. The van der Waals surface area contributed by atoms with Gasteiger partial charge >= 0.3 is 0 Å². The van der Waals surface area contributed by atoms with E-state index in [-0.39, 0.29) is 11.9 Å². The average molecular weight is 322 g/mol. The molecule has 122 valence electrons. The number of fused-ring (bicyclic) bond motifs is 1. The van der Waals surface area contributed by atoms with Gasteiger partial charge in [-0.3, -0.25) is 9.48 Å². The van der Waals surface area contributed by atoms with Crippen LogP contribution >= 0.6 is 0 Å². The first-order valence-electron chi connectivity index (χ1n) is 8.06. The van der Waals surface area contributed by atoms with Gasteiger partial charge in [-0.2, -0.15) is 5.10 Å². The molecule has 3 aromatic rings. The highest BCUT2D eigenvalue weighted by atomic mass is 16.5. The highest BCUT2D eigenvalue weighted by molar-refractivity contribution is 5.93. The van der Waals surface area contributed by atoms with E-state index in [0.717, 1.165) is 30.4 Å². The van der Waals surface area contributed by atoms with Crippen molar-refractivity contribution in [3.05, 3.63) is 59.5 Å². The highest BCUT2D eigenvalue weighted by Crippen LogP contribution is 2.29. The number of aryl methyl sites for hydroxylation is 1. The topological polar surface area (TPSA) is 73.0 Å². The summed E-state index contributed by atoms with van der Waals surface area (Å²) < 4.78 is 7.19. The second-order valence-electron chi connectivity index (χ2n) is 6.03. The molecule has 1 atom stereocenters. The molecule has 1 aromatic carbocycles. The molecule has 2 aromatic heterocycles. The van der Waals surface area contributed by atoms with Gasteiger partial charge in [0.05, 0.1) is 12.2 Å². The van der Waals surface area contributed by atoms with Crippen LogP contribution < -0.4 is 5.32 Å². The van der Waals surface area contributed by atoms with E-state index in [1.165, 1.54) is 5.69 Å². The van der Waals surface area contributed by atoms with Crippen LogP contribution in [0.2, 0.25) is 0 Å². The van der Waals surface area contributed by atoms with Crippen LogP contribution in [0.1, 0.15) is 40.6 Å². The Kier molecular flexibility index (Phi) is 3.65. The Balaban J connectivity index is 1.53. The summed E-state index contributed by atoms with van der Waals surface area (Å²) in [5.41, 5.74) is 3.49. The minimum absolute atomic E-state index is 0.0215. The van der Waals surface area contributed by atoms with E-state index >= 15 is 0 Å². The lowest BCUT2D eigenvalue weighted by Gasteiger charge is -2.23. The van der Waals surface area contributed by atoms with Crippen molar-refractivity contribution in [2.75, 3.05) is 0 Å². The van der Waals surface area contributed by atoms with Crippen LogP contribution in [0.5, 0.6) is 0 Å². The van der Waals surface area contributed by atoms with Gasteiger partial charge in [0, 0.05) is 29.9 Å². The normalized spacial score (nSPS) is 16.6. The van der Waals surface area contributed by atoms with Crippen LogP contribution in [0.3, 0.4) is 0 Å². The molecule has 0 radical (unpaired) electrons. The summed E-state index contributed by atoms with van der Waals surface area (Å²) >= 11 is 0. The Morgan fingerprint density at radius 1 is 1.33 bits per heavy atom. The molecule has 0 bridgehead atoms. The van der Waals surface area contributed by atoms with Crippen LogP contribution in [0.4, 0.5) is 0 Å². The van der Waals surface area contributed by atoms with Gasteiger partial charge in [-0.1, -0.05) is 35.5 Å². The maximum absolute atomic E-state index is 12.5. The summed E-state index contributed by atoms with van der Waals surface area (Å²) in [7, 11) is 1.94. The monoisotopic (exact) mass is 322 g/mol. The molecule has 1 aliphatic rings. The molecule has 1 unspecified atom stereocenters. The van der Waals surface area contributed by atoms with Crippen molar-refractivity contribution in [1.29, 1.82) is 0 Å². The third-order valence-corrected chi connectivity index (χ3v) is 4.48. The highest BCUT2D eigenvalue weighted by Gasteiger charge is 2.26. The zero-order valence-electron chi connectivity index (χ0n) is 13.4. The van der Waals surface area contributed by atoms with Crippen molar-refractivity contribution in [3.8, 4) is 11.3 Å². The lowest BCUT2D eigenvalue weighted by atomic mass is 9.93. The van der Waals surface area contributed by atoms with Gasteiger partial charge in [-0.25, -0.2) is 0 Å². The van der Waals surface area contributed by atoms with Gasteiger partial charge in [0.1, 0.15) is 0 Å². The Bertz CT molecular complexity index is 866. The first-order chi connectivity index (χ1) is 11.7. The van der Waals surface area contributed by atoms with Crippen LogP contribution in [-0.4, -0.2) is 20.8 Å². The summed E-state index contributed by atoms with van der Waals surface area (Å²) in [6.45, 7) is 0. The van der Waals surface area contributed by atoms with Gasteiger partial charge in [0.25, 0.3) is 5.91 Å². The smallest absolute Gasteiger partial charge is 0.273 e. The summed E-state index contributed by atoms with van der Waals surface area (Å²) in [4.78, 5) is 12.5. The fourth-order valence-electron chi connectivity index (χ4n) is 3.21. The SMILES string of the molecule is Cn1ncc2c1CCCC2NC(=O)c1cc(-c2ccccc2)on1. The van der Waals surface area contributed by atoms with Crippen molar-refractivity contribution >= 4 is 5.91 Å². The van der Waals surface area contributed by atoms with E-state index in [0.29, 0.717) is 11.5 Å². The summed E-state index contributed by atoms with van der Waals surface area (Å²) in [5, 5.41) is 11.3. The van der Waals surface area contributed by atoms with Crippen LogP contribution in [0, 0.1) is 0 Å². The number of aromatic nitrogens is 3. The first kappa shape index (κ1) is 14.7. The molecule has 2 heterocycles. The van der Waals surface area contributed by atoms with E-state index in [4.69, 9.17) is 4.52 Å². The Morgan fingerprint density at radius 2 is 2.17 bits per heavy atom. The number of nitrogens with zero attached hydrogens (tertiary/aromatic N) is 3. The van der Waals surface area contributed by atoms with Crippen molar-refractivity contribution in [2.45, 2.75) is 25.3 Å². The Morgan fingerprint density at radius 3 is 3.00 bits per heavy atom. The second-order valence-corrected chi connectivity index (χ2v) is 6.03. The van der Waals surface area contributed by atoms with E-state index in [2.05, 4.69) is 15.6 Å². The average Bonchev–Trinajstić information content (AvgIpc) is 3.24. The van der Waals surface area contributed by atoms with Gasteiger partial charge in [0.15, 0.2) is 11.5 Å². The number of nitrogens with one attached hydrogen (secondary N) is 1. The molecule has 6 nitrogen and oxygen atoms in total. The number of carbonyl (C=O) groups excluding carboxylic acids is 1. The molecule has 0 spiro atoms. The van der Waals surface area contributed by atoms with Crippen molar-refractivity contribution in [1.82, 2.24) is 20.3 Å². The minimum atomic E-state index is -0.220. The van der Waals surface area contributed by atoms with Crippen LogP contribution in [0.25, 0.3) is 11.3 Å². The van der Waals surface area contributed by atoms with Crippen LogP contribution in [-0.2, 0) is 13.5 Å². The van der Waals surface area contributed by atoms with E-state index in [1.54, 1.807) is 6.07 Å². The molecule has 0 fully saturated rings. The van der Waals surface area contributed by atoms with Crippen molar-refractivity contribution < 1.29 is 9.32 Å². The quantitative estimate of drug-likeness (QED) is 0.805. The molecule has 6 heteroatoms.